The minimum Gasteiger partial charge on any atom is -0.759 e. The lowest BCUT2D eigenvalue weighted by molar-refractivity contribution is 0.530. The summed E-state index contributed by atoms with van der Waals surface area (Å²) in [6, 6.07) is 12.6. The number of benzene rings is 1. The fourth-order valence-electron chi connectivity index (χ4n) is 0.971. The van der Waals surface area contributed by atoms with Crippen LogP contribution in [0.15, 0.2) is 36.4 Å². The number of rotatable bonds is 5. The van der Waals surface area contributed by atoms with Gasteiger partial charge in [-0.3, -0.25) is 4.21 Å². The highest BCUT2D eigenvalue weighted by molar-refractivity contribution is 8.00. The summed E-state index contributed by atoms with van der Waals surface area (Å²) in [5.41, 5.74) is 0. The van der Waals surface area contributed by atoms with E-state index in [4.69, 9.17) is 0 Å². The third-order valence-corrected chi connectivity index (χ3v) is 6.40. The van der Waals surface area contributed by atoms with E-state index in [0.717, 1.165) is 0 Å². The van der Waals surface area contributed by atoms with Gasteiger partial charge in [0.2, 0.25) is 10.0 Å². The topological polar surface area (TPSA) is 86.3 Å². The van der Waals surface area contributed by atoms with Crippen LogP contribution in [0.3, 0.4) is 0 Å². The van der Waals surface area contributed by atoms with Gasteiger partial charge in [0.05, 0.1) is 5.75 Å². The predicted molar refractivity (Wildman–Crippen MR) is 80.4 cm³/mol. The second kappa shape index (κ2) is 8.59. The van der Waals surface area contributed by atoms with Gasteiger partial charge in [0.25, 0.3) is 0 Å². The van der Waals surface area contributed by atoms with Crippen LogP contribution in [0.5, 0.6) is 0 Å². The molecule has 0 heterocycles. The van der Waals surface area contributed by atoms with Gasteiger partial charge in [0.15, 0.2) is 0 Å². The van der Waals surface area contributed by atoms with Crippen molar-refractivity contribution in [2.75, 3.05) is 5.75 Å². The fraction of sp³-hybridized carbons (Fsp3) is 0.455. The van der Waals surface area contributed by atoms with E-state index >= 15 is 0 Å². The van der Waals surface area contributed by atoms with Crippen LogP contribution in [0.25, 0.3) is 0 Å². The molecule has 0 saturated heterocycles. The van der Waals surface area contributed by atoms with Gasteiger partial charge in [-0.15, -0.1) is 4.13 Å². The van der Waals surface area contributed by atoms with E-state index in [-0.39, 0.29) is 5.75 Å². The maximum atomic E-state index is 11.0. The SMILES string of the molecule is C[Si](C)(C)CCS(=O)(=O)NS(=O)[O-].c1ccccc1. The van der Waals surface area contributed by atoms with Crippen LogP contribution in [0.2, 0.25) is 25.7 Å². The van der Waals surface area contributed by atoms with Gasteiger partial charge in [-0.1, -0.05) is 56.0 Å². The largest absolute Gasteiger partial charge is 0.759 e. The van der Waals surface area contributed by atoms with Crippen LogP contribution in [-0.2, 0) is 21.3 Å². The zero-order valence-corrected chi connectivity index (χ0v) is 14.0. The van der Waals surface area contributed by atoms with E-state index in [1.54, 1.807) is 0 Å². The molecule has 110 valence electrons. The predicted octanol–water partition coefficient (Wildman–Crippen LogP) is 1.72. The summed E-state index contributed by atoms with van der Waals surface area (Å²) in [6.45, 7) is 6.07. The van der Waals surface area contributed by atoms with Crippen molar-refractivity contribution >= 4 is 29.4 Å². The molecule has 1 atom stereocenters. The molecule has 1 unspecified atom stereocenters. The smallest absolute Gasteiger partial charge is 0.221 e. The van der Waals surface area contributed by atoms with Gasteiger partial charge >= 0.3 is 0 Å². The van der Waals surface area contributed by atoms with Gasteiger partial charge in [-0.2, -0.15) is 0 Å². The number of hydrogen-bond donors (Lipinski definition) is 1. The third kappa shape index (κ3) is 13.7. The first-order chi connectivity index (χ1) is 8.62. The van der Waals surface area contributed by atoms with Crippen molar-refractivity contribution in [1.82, 2.24) is 4.13 Å². The Labute approximate surface area is 118 Å². The van der Waals surface area contributed by atoms with E-state index in [0.29, 0.717) is 6.04 Å². The first-order valence-electron chi connectivity index (χ1n) is 5.72. The average Bonchev–Trinajstić information content (AvgIpc) is 2.27. The second-order valence-electron chi connectivity index (χ2n) is 5.10. The standard InChI is InChI=1S/C6H6.C5H15NO4S2Si/c1-2-4-6-5-3-1;1-13(2,3)5-4-12(9,10)6-11(7)8/h1-6H;6H,4-5H2,1-3H3,(H,7,8)/p-1. The molecule has 1 N–H and O–H groups in total. The van der Waals surface area contributed by atoms with Gasteiger partial charge in [-0.05, 0) is 6.04 Å². The zero-order valence-electron chi connectivity index (χ0n) is 11.3. The van der Waals surface area contributed by atoms with Crippen LogP contribution in [0, 0.1) is 0 Å². The Morgan fingerprint density at radius 2 is 1.42 bits per heavy atom. The normalized spacial score (nSPS) is 13.3. The van der Waals surface area contributed by atoms with Crippen LogP contribution >= 0.6 is 0 Å². The number of hydrogen-bond acceptors (Lipinski definition) is 4. The lowest BCUT2D eigenvalue weighted by Crippen LogP contribution is -2.32. The summed E-state index contributed by atoms with van der Waals surface area (Å²) < 4.78 is 43.6. The lowest BCUT2D eigenvalue weighted by atomic mass is 10.4. The van der Waals surface area contributed by atoms with Crippen LogP contribution in [0.4, 0.5) is 0 Å². The van der Waals surface area contributed by atoms with Crippen LogP contribution < -0.4 is 4.13 Å². The Morgan fingerprint density at radius 3 is 1.68 bits per heavy atom. The highest BCUT2D eigenvalue weighted by Gasteiger charge is 2.18. The van der Waals surface area contributed by atoms with Gasteiger partial charge in [0, 0.05) is 19.3 Å². The van der Waals surface area contributed by atoms with Gasteiger partial charge in [0.1, 0.15) is 0 Å². The van der Waals surface area contributed by atoms with Gasteiger partial charge < -0.3 is 4.55 Å². The van der Waals surface area contributed by atoms with Crippen molar-refractivity contribution in [3.05, 3.63) is 36.4 Å². The Kier molecular flexibility index (Phi) is 8.35. The highest BCUT2D eigenvalue weighted by Crippen LogP contribution is 2.09. The van der Waals surface area contributed by atoms with E-state index in [9.17, 15) is 17.2 Å². The molecule has 0 spiro atoms. The maximum absolute atomic E-state index is 11.0. The van der Waals surface area contributed by atoms with Crippen LogP contribution in [0.1, 0.15) is 0 Å². The summed E-state index contributed by atoms with van der Waals surface area (Å²) in [7, 11) is -5.08. The molecule has 19 heavy (non-hydrogen) atoms. The molecule has 0 aliphatic rings. The minimum absolute atomic E-state index is 0.114. The van der Waals surface area contributed by atoms with Gasteiger partial charge in [-0.25, -0.2) is 8.42 Å². The first-order valence-corrected chi connectivity index (χ1v) is 12.2. The molecule has 1 rings (SSSR count). The summed E-state index contributed by atoms with van der Waals surface area (Å²) in [6.07, 6.45) is 0. The van der Waals surface area contributed by atoms with Crippen molar-refractivity contribution < 1.29 is 17.2 Å². The molecule has 5 nitrogen and oxygen atoms in total. The maximum Gasteiger partial charge on any atom is 0.221 e. The summed E-state index contributed by atoms with van der Waals surface area (Å²) in [5.74, 6) is -0.114. The summed E-state index contributed by atoms with van der Waals surface area (Å²) in [5, 5.41) is 0. The van der Waals surface area contributed by atoms with Crippen molar-refractivity contribution in [3.63, 3.8) is 0 Å². The molecule has 0 bridgehead atoms. The van der Waals surface area contributed by atoms with Crippen molar-refractivity contribution in [3.8, 4) is 0 Å². The Balaban J connectivity index is 0.000000443. The Morgan fingerprint density at radius 1 is 1.05 bits per heavy atom. The Bertz CT molecular complexity index is 445. The van der Waals surface area contributed by atoms with E-state index in [1.165, 1.54) is 4.13 Å². The molecule has 8 heteroatoms. The molecule has 0 amide bonds. The van der Waals surface area contributed by atoms with Crippen molar-refractivity contribution in [1.29, 1.82) is 0 Å². The van der Waals surface area contributed by atoms with Crippen LogP contribution in [-0.4, -0.2) is 31.0 Å². The lowest BCUT2D eigenvalue weighted by Gasteiger charge is -2.16. The summed E-state index contributed by atoms with van der Waals surface area (Å²) in [4.78, 5) is 0. The Hall–Kier alpha value is -0.543. The molecule has 1 aromatic rings. The highest BCUT2D eigenvalue weighted by atomic mass is 32.3. The van der Waals surface area contributed by atoms with Crippen molar-refractivity contribution in [2.45, 2.75) is 25.7 Å². The number of sulfonamides is 1. The molecule has 0 saturated carbocycles. The molecule has 0 aliphatic heterocycles. The van der Waals surface area contributed by atoms with E-state index in [1.807, 2.05) is 56.0 Å². The van der Waals surface area contributed by atoms with E-state index < -0.39 is 29.4 Å². The fourth-order valence-corrected chi connectivity index (χ4v) is 5.66. The number of nitrogens with one attached hydrogen (secondary N) is 1. The minimum atomic E-state index is -3.64. The first kappa shape index (κ1) is 18.5. The molecule has 0 aliphatic carbocycles. The second-order valence-corrected chi connectivity index (χ2v) is 13.5. The summed E-state index contributed by atoms with van der Waals surface area (Å²) >= 11 is -2.74. The quantitative estimate of drug-likeness (QED) is 0.660. The molecule has 0 radical (unpaired) electrons. The van der Waals surface area contributed by atoms with E-state index in [2.05, 4.69) is 0 Å². The average molecular weight is 323 g/mol. The molecule has 0 aromatic heterocycles. The third-order valence-electron chi connectivity index (χ3n) is 1.98. The zero-order chi connectivity index (χ0) is 14.9. The molecular weight excluding hydrogens is 302 g/mol. The van der Waals surface area contributed by atoms with Crippen molar-refractivity contribution in [2.24, 2.45) is 0 Å². The molecule has 1 aromatic carbocycles. The molecule has 0 fully saturated rings. The molecular formula is C11H20NO4S2Si-. The monoisotopic (exact) mass is 322 g/mol.